The third-order valence-electron chi connectivity index (χ3n) is 3.75. The first-order valence-electron chi connectivity index (χ1n) is 7.54. The van der Waals surface area contributed by atoms with E-state index in [2.05, 4.69) is 4.74 Å². The molecule has 0 bridgehead atoms. The lowest BCUT2D eigenvalue weighted by atomic mass is 10.0. The number of para-hydroxylation sites is 1. The van der Waals surface area contributed by atoms with Crippen molar-refractivity contribution in [1.29, 1.82) is 0 Å². The predicted molar refractivity (Wildman–Crippen MR) is 88.2 cm³/mol. The topological polar surface area (TPSA) is 76.1 Å². The largest absolute Gasteiger partial charge is 0.573 e. The van der Waals surface area contributed by atoms with Crippen molar-refractivity contribution in [1.82, 2.24) is 0 Å². The SMILES string of the molecule is COc1ccccc1C1=C(O)C(=O)N(c2cccc(OC(F)(F)F)c2)C1=O. The maximum Gasteiger partial charge on any atom is 0.573 e. The summed E-state index contributed by atoms with van der Waals surface area (Å²) in [5, 5.41) is 10.2. The Morgan fingerprint density at radius 3 is 2.37 bits per heavy atom. The monoisotopic (exact) mass is 379 g/mol. The van der Waals surface area contributed by atoms with Gasteiger partial charge in [-0.25, -0.2) is 4.90 Å². The van der Waals surface area contributed by atoms with Crippen LogP contribution in [0.15, 0.2) is 54.3 Å². The number of imide groups is 1. The highest BCUT2D eigenvalue weighted by Crippen LogP contribution is 2.37. The molecule has 0 radical (unpaired) electrons. The molecular weight excluding hydrogens is 367 g/mol. The van der Waals surface area contributed by atoms with Gasteiger partial charge in [0.15, 0.2) is 5.76 Å². The molecule has 1 aliphatic heterocycles. The molecule has 1 N–H and O–H groups in total. The second-order valence-corrected chi connectivity index (χ2v) is 5.41. The summed E-state index contributed by atoms with van der Waals surface area (Å²) in [6.45, 7) is 0. The first-order chi connectivity index (χ1) is 12.7. The van der Waals surface area contributed by atoms with Gasteiger partial charge in [-0.3, -0.25) is 9.59 Å². The molecule has 9 heteroatoms. The average Bonchev–Trinajstić information content (AvgIpc) is 2.83. The number of aliphatic hydroxyl groups is 1. The summed E-state index contributed by atoms with van der Waals surface area (Å²) < 4.78 is 46.1. The minimum absolute atomic E-state index is 0.178. The van der Waals surface area contributed by atoms with Crippen molar-refractivity contribution in [3.8, 4) is 11.5 Å². The van der Waals surface area contributed by atoms with E-state index in [4.69, 9.17) is 4.74 Å². The number of aliphatic hydroxyl groups excluding tert-OH is 1. The van der Waals surface area contributed by atoms with Crippen molar-refractivity contribution >= 4 is 23.1 Å². The minimum atomic E-state index is -4.93. The van der Waals surface area contributed by atoms with Gasteiger partial charge in [0.05, 0.1) is 18.4 Å². The van der Waals surface area contributed by atoms with Crippen LogP contribution in [-0.2, 0) is 9.59 Å². The summed E-state index contributed by atoms with van der Waals surface area (Å²) in [4.78, 5) is 25.7. The first-order valence-corrected chi connectivity index (χ1v) is 7.54. The molecule has 140 valence electrons. The van der Waals surface area contributed by atoms with Gasteiger partial charge in [-0.2, -0.15) is 0 Å². The van der Waals surface area contributed by atoms with Crippen molar-refractivity contribution in [3.05, 3.63) is 59.9 Å². The fourth-order valence-electron chi connectivity index (χ4n) is 2.67. The second-order valence-electron chi connectivity index (χ2n) is 5.41. The molecule has 0 spiro atoms. The van der Waals surface area contributed by atoms with E-state index in [0.29, 0.717) is 4.90 Å². The molecule has 1 aliphatic rings. The zero-order valence-electron chi connectivity index (χ0n) is 13.8. The number of methoxy groups -OCH3 is 1. The van der Waals surface area contributed by atoms with Gasteiger partial charge in [0.25, 0.3) is 5.91 Å². The van der Waals surface area contributed by atoms with Gasteiger partial charge in [-0.15, -0.1) is 13.2 Å². The Balaban J connectivity index is 2.01. The summed E-state index contributed by atoms with van der Waals surface area (Å²) >= 11 is 0. The summed E-state index contributed by atoms with van der Waals surface area (Å²) in [6.07, 6.45) is -4.93. The number of alkyl halides is 3. The van der Waals surface area contributed by atoms with Gasteiger partial charge < -0.3 is 14.6 Å². The van der Waals surface area contributed by atoms with Crippen LogP contribution >= 0.6 is 0 Å². The lowest BCUT2D eigenvalue weighted by Crippen LogP contribution is -2.31. The van der Waals surface area contributed by atoms with Gasteiger partial charge in [-0.1, -0.05) is 24.3 Å². The van der Waals surface area contributed by atoms with E-state index in [9.17, 15) is 27.9 Å². The van der Waals surface area contributed by atoms with E-state index in [0.717, 1.165) is 12.1 Å². The number of hydrogen-bond donors (Lipinski definition) is 1. The average molecular weight is 379 g/mol. The molecule has 27 heavy (non-hydrogen) atoms. The fourth-order valence-corrected chi connectivity index (χ4v) is 2.67. The summed E-state index contributed by atoms with van der Waals surface area (Å²) in [5.74, 6) is -3.15. The Kier molecular flexibility index (Phi) is 4.52. The Bertz CT molecular complexity index is 952. The number of carbonyl (C=O) groups is 2. The molecule has 6 nitrogen and oxygen atoms in total. The Morgan fingerprint density at radius 1 is 1.00 bits per heavy atom. The van der Waals surface area contributed by atoms with Gasteiger partial charge in [0, 0.05) is 11.6 Å². The van der Waals surface area contributed by atoms with Crippen LogP contribution in [0, 0.1) is 0 Å². The van der Waals surface area contributed by atoms with Crippen LogP contribution < -0.4 is 14.4 Å². The van der Waals surface area contributed by atoms with E-state index in [1.807, 2.05) is 0 Å². The molecule has 0 saturated heterocycles. The zero-order chi connectivity index (χ0) is 19.8. The zero-order valence-corrected chi connectivity index (χ0v) is 13.8. The van der Waals surface area contributed by atoms with Crippen LogP contribution in [0.2, 0.25) is 0 Å². The molecule has 1 heterocycles. The van der Waals surface area contributed by atoms with Gasteiger partial charge >= 0.3 is 12.3 Å². The summed E-state index contributed by atoms with van der Waals surface area (Å²) in [7, 11) is 1.35. The highest BCUT2D eigenvalue weighted by molar-refractivity contribution is 6.45. The van der Waals surface area contributed by atoms with Crippen molar-refractivity contribution in [2.24, 2.45) is 0 Å². The number of anilines is 1. The minimum Gasteiger partial charge on any atom is -0.502 e. The first kappa shape index (κ1) is 18.3. The maximum atomic E-state index is 12.8. The quantitative estimate of drug-likeness (QED) is 0.824. The third kappa shape index (κ3) is 3.43. The maximum absolute atomic E-state index is 12.8. The smallest absolute Gasteiger partial charge is 0.502 e. The van der Waals surface area contributed by atoms with Crippen LogP contribution in [0.25, 0.3) is 5.57 Å². The molecule has 0 atom stereocenters. The molecule has 2 aromatic carbocycles. The number of amides is 2. The number of ether oxygens (including phenoxy) is 2. The lowest BCUT2D eigenvalue weighted by molar-refractivity contribution is -0.274. The molecule has 0 saturated carbocycles. The summed E-state index contributed by atoms with van der Waals surface area (Å²) in [6, 6.07) is 10.6. The fraction of sp³-hybridized carbons (Fsp3) is 0.111. The van der Waals surface area contributed by atoms with Crippen LogP contribution in [0.4, 0.5) is 18.9 Å². The normalized spacial score (nSPS) is 14.7. The number of carbonyl (C=O) groups excluding carboxylic acids is 2. The number of halogens is 3. The van der Waals surface area contributed by atoms with E-state index in [1.54, 1.807) is 12.1 Å². The van der Waals surface area contributed by atoms with E-state index >= 15 is 0 Å². The van der Waals surface area contributed by atoms with Crippen molar-refractivity contribution < 1.29 is 37.3 Å². The Labute approximate surface area is 151 Å². The van der Waals surface area contributed by atoms with E-state index in [1.165, 1.54) is 31.4 Å². The van der Waals surface area contributed by atoms with Gasteiger partial charge in [0.1, 0.15) is 11.5 Å². The van der Waals surface area contributed by atoms with E-state index < -0.39 is 29.7 Å². The molecule has 3 rings (SSSR count). The van der Waals surface area contributed by atoms with E-state index in [-0.39, 0.29) is 22.6 Å². The number of nitrogens with zero attached hydrogens (tertiary/aromatic N) is 1. The standard InChI is InChI=1S/C18H12F3NO5/c1-26-13-8-3-2-7-12(13)14-15(23)17(25)22(16(14)24)10-5-4-6-11(9-10)27-18(19,20)21/h2-9,23H,1H3. The van der Waals surface area contributed by atoms with Crippen molar-refractivity contribution in [2.75, 3.05) is 12.0 Å². The molecule has 0 fully saturated rings. The van der Waals surface area contributed by atoms with Gasteiger partial charge in [0.2, 0.25) is 0 Å². The molecular formula is C18H12F3NO5. The van der Waals surface area contributed by atoms with Crippen molar-refractivity contribution in [2.45, 2.75) is 6.36 Å². The Morgan fingerprint density at radius 2 is 1.70 bits per heavy atom. The Hall–Kier alpha value is -3.49. The highest BCUT2D eigenvalue weighted by Gasteiger charge is 2.41. The number of hydrogen-bond acceptors (Lipinski definition) is 5. The van der Waals surface area contributed by atoms with Crippen LogP contribution in [0.5, 0.6) is 11.5 Å². The molecule has 0 aromatic heterocycles. The second kappa shape index (κ2) is 6.67. The van der Waals surface area contributed by atoms with Crippen LogP contribution in [0.3, 0.4) is 0 Å². The third-order valence-corrected chi connectivity index (χ3v) is 3.75. The number of rotatable bonds is 4. The summed E-state index contributed by atoms with van der Waals surface area (Å²) in [5.41, 5.74) is -0.302. The molecule has 2 amide bonds. The van der Waals surface area contributed by atoms with Crippen LogP contribution in [0.1, 0.15) is 5.56 Å². The van der Waals surface area contributed by atoms with Crippen LogP contribution in [-0.4, -0.2) is 30.4 Å². The van der Waals surface area contributed by atoms with Crippen molar-refractivity contribution in [3.63, 3.8) is 0 Å². The number of benzene rings is 2. The predicted octanol–water partition coefficient (Wildman–Crippen LogP) is 3.44. The molecule has 0 unspecified atom stereocenters. The van der Waals surface area contributed by atoms with Gasteiger partial charge in [-0.05, 0) is 18.2 Å². The molecule has 2 aromatic rings. The lowest BCUT2D eigenvalue weighted by Gasteiger charge is -2.16. The molecule has 0 aliphatic carbocycles. The highest BCUT2D eigenvalue weighted by atomic mass is 19.4.